The Morgan fingerprint density at radius 2 is 2.21 bits per heavy atom. The minimum absolute atomic E-state index is 0.0515. The lowest BCUT2D eigenvalue weighted by molar-refractivity contribution is 0.0695. The highest BCUT2D eigenvalue weighted by molar-refractivity contribution is 5.90. The summed E-state index contributed by atoms with van der Waals surface area (Å²) >= 11 is 0. The molecule has 0 fully saturated rings. The molecule has 6 heteroatoms. The molecular formula is C13H9N3O3. The van der Waals surface area contributed by atoms with Crippen LogP contribution in [0, 0.1) is 18.3 Å². The van der Waals surface area contributed by atoms with Gasteiger partial charge in [0.25, 0.3) is 5.88 Å². The van der Waals surface area contributed by atoms with Gasteiger partial charge in [0.1, 0.15) is 17.4 Å². The van der Waals surface area contributed by atoms with Gasteiger partial charge >= 0.3 is 5.97 Å². The molecule has 1 N–H and O–H groups in total. The number of carboxylic acid groups (broad SMARTS) is 1. The van der Waals surface area contributed by atoms with E-state index in [1.807, 2.05) is 6.07 Å². The van der Waals surface area contributed by atoms with Gasteiger partial charge in [-0.15, -0.1) is 5.10 Å². The topological polar surface area (TPSA) is 96.1 Å². The first-order valence-corrected chi connectivity index (χ1v) is 5.36. The molecule has 1 aromatic carbocycles. The molecule has 0 bridgehead atoms. The maximum Gasteiger partial charge on any atom is 0.336 e. The minimum atomic E-state index is -1.04. The second-order valence-corrected chi connectivity index (χ2v) is 3.70. The fraction of sp³-hybridized carbons (Fsp3) is 0.0769. The summed E-state index contributed by atoms with van der Waals surface area (Å²) < 4.78 is 5.46. The van der Waals surface area contributed by atoms with Crippen molar-refractivity contribution in [3.63, 3.8) is 0 Å². The Morgan fingerprint density at radius 1 is 1.42 bits per heavy atom. The molecule has 0 atom stereocenters. The standard InChI is InChI=1S/C13H9N3O3/c1-8-10(13(17)18)3-2-4-11(8)19-12-9(7-14)5-6-15-16-12/h2-6H,1H3,(H,17,18). The van der Waals surface area contributed by atoms with E-state index >= 15 is 0 Å². The zero-order chi connectivity index (χ0) is 13.8. The van der Waals surface area contributed by atoms with E-state index in [-0.39, 0.29) is 17.0 Å². The van der Waals surface area contributed by atoms with Crippen LogP contribution in [0.3, 0.4) is 0 Å². The normalized spacial score (nSPS) is 9.68. The summed E-state index contributed by atoms with van der Waals surface area (Å²) in [6, 6.07) is 8.05. The maximum absolute atomic E-state index is 11.0. The highest BCUT2D eigenvalue weighted by Gasteiger charge is 2.13. The average molecular weight is 255 g/mol. The van der Waals surface area contributed by atoms with Crippen LogP contribution in [0.5, 0.6) is 11.6 Å². The summed E-state index contributed by atoms with van der Waals surface area (Å²) in [7, 11) is 0. The Morgan fingerprint density at radius 3 is 2.89 bits per heavy atom. The lowest BCUT2D eigenvalue weighted by Gasteiger charge is -2.09. The molecule has 0 aliphatic rings. The third-order valence-corrected chi connectivity index (χ3v) is 2.53. The van der Waals surface area contributed by atoms with E-state index < -0.39 is 5.97 Å². The summed E-state index contributed by atoms with van der Waals surface area (Å²) in [5, 5.41) is 25.3. The van der Waals surface area contributed by atoms with Crippen LogP contribution in [0.4, 0.5) is 0 Å². The number of aromatic nitrogens is 2. The Hall–Kier alpha value is -2.94. The molecule has 1 heterocycles. The number of benzene rings is 1. The summed E-state index contributed by atoms with van der Waals surface area (Å²) in [5.74, 6) is -0.657. The van der Waals surface area contributed by atoms with Gasteiger partial charge in [-0.1, -0.05) is 6.07 Å². The van der Waals surface area contributed by atoms with Crippen LogP contribution in [-0.2, 0) is 0 Å². The van der Waals surface area contributed by atoms with Crippen LogP contribution in [0.25, 0.3) is 0 Å². The van der Waals surface area contributed by atoms with Crippen molar-refractivity contribution in [2.75, 3.05) is 0 Å². The van der Waals surface area contributed by atoms with E-state index in [9.17, 15) is 4.79 Å². The van der Waals surface area contributed by atoms with Crippen LogP contribution >= 0.6 is 0 Å². The molecule has 0 spiro atoms. The van der Waals surface area contributed by atoms with E-state index in [4.69, 9.17) is 15.1 Å². The zero-order valence-corrected chi connectivity index (χ0v) is 9.99. The van der Waals surface area contributed by atoms with Crippen molar-refractivity contribution in [3.8, 4) is 17.7 Å². The molecule has 19 heavy (non-hydrogen) atoms. The number of carbonyl (C=O) groups is 1. The SMILES string of the molecule is Cc1c(Oc2nnccc2C#N)cccc1C(=O)O. The lowest BCUT2D eigenvalue weighted by atomic mass is 10.1. The number of rotatable bonds is 3. The fourth-order valence-electron chi connectivity index (χ4n) is 1.54. The highest BCUT2D eigenvalue weighted by Crippen LogP contribution is 2.27. The molecule has 0 saturated carbocycles. The largest absolute Gasteiger partial charge is 0.478 e. The molecule has 0 saturated heterocycles. The predicted molar refractivity (Wildman–Crippen MR) is 65.0 cm³/mol. The van der Waals surface area contributed by atoms with Crippen molar-refractivity contribution in [1.29, 1.82) is 5.26 Å². The lowest BCUT2D eigenvalue weighted by Crippen LogP contribution is -2.02. The van der Waals surface area contributed by atoms with E-state index in [0.29, 0.717) is 11.3 Å². The summed E-state index contributed by atoms with van der Waals surface area (Å²) in [6.07, 6.45) is 1.38. The number of hydrogen-bond donors (Lipinski definition) is 1. The molecule has 0 radical (unpaired) electrons. The molecule has 1 aromatic heterocycles. The quantitative estimate of drug-likeness (QED) is 0.902. The molecule has 0 aliphatic carbocycles. The first-order chi connectivity index (χ1) is 9.13. The van der Waals surface area contributed by atoms with E-state index in [1.54, 1.807) is 19.1 Å². The van der Waals surface area contributed by atoms with Gasteiger partial charge in [-0.05, 0) is 25.1 Å². The van der Waals surface area contributed by atoms with Gasteiger partial charge in [0.2, 0.25) is 0 Å². The van der Waals surface area contributed by atoms with Crippen molar-refractivity contribution in [1.82, 2.24) is 10.2 Å². The maximum atomic E-state index is 11.0. The Balaban J connectivity index is 2.42. The van der Waals surface area contributed by atoms with Crippen molar-refractivity contribution in [2.24, 2.45) is 0 Å². The second kappa shape index (κ2) is 5.14. The van der Waals surface area contributed by atoms with Gasteiger partial charge in [-0.25, -0.2) is 4.79 Å². The number of nitrogens with zero attached hydrogens (tertiary/aromatic N) is 3. The number of ether oxygens (including phenoxy) is 1. The molecule has 94 valence electrons. The molecular weight excluding hydrogens is 246 g/mol. The smallest absolute Gasteiger partial charge is 0.336 e. The van der Waals surface area contributed by atoms with Crippen LogP contribution in [0.2, 0.25) is 0 Å². The van der Waals surface area contributed by atoms with E-state index in [2.05, 4.69) is 10.2 Å². The van der Waals surface area contributed by atoms with E-state index in [0.717, 1.165) is 0 Å². The minimum Gasteiger partial charge on any atom is -0.478 e. The monoisotopic (exact) mass is 255 g/mol. The van der Waals surface area contributed by atoms with Crippen molar-refractivity contribution < 1.29 is 14.6 Å². The Kier molecular flexibility index (Phi) is 3.39. The average Bonchev–Trinajstić information content (AvgIpc) is 2.41. The molecule has 2 aromatic rings. The summed E-state index contributed by atoms with van der Waals surface area (Å²) in [6.45, 7) is 1.63. The summed E-state index contributed by atoms with van der Waals surface area (Å²) in [5.41, 5.74) is 0.833. The van der Waals surface area contributed by atoms with Crippen LogP contribution < -0.4 is 4.74 Å². The molecule has 6 nitrogen and oxygen atoms in total. The highest BCUT2D eigenvalue weighted by atomic mass is 16.5. The Labute approximate surface area is 108 Å². The number of nitriles is 1. The van der Waals surface area contributed by atoms with Crippen molar-refractivity contribution in [2.45, 2.75) is 6.92 Å². The molecule has 0 unspecified atom stereocenters. The fourth-order valence-corrected chi connectivity index (χ4v) is 1.54. The Bertz CT molecular complexity index is 677. The van der Waals surface area contributed by atoms with Crippen LogP contribution in [-0.4, -0.2) is 21.3 Å². The first-order valence-electron chi connectivity index (χ1n) is 5.36. The molecule has 0 amide bonds. The van der Waals surface area contributed by atoms with Crippen molar-refractivity contribution in [3.05, 3.63) is 47.2 Å². The number of aromatic carboxylic acids is 1. The number of hydrogen-bond acceptors (Lipinski definition) is 5. The first kappa shape index (κ1) is 12.5. The van der Waals surface area contributed by atoms with Gasteiger partial charge in [0.05, 0.1) is 11.8 Å². The summed E-state index contributed by atoms with van der Waals surface area (Å²) in [4.78, 5) is 11.0. The van der Waals surface area contributed by atoms with Gasteiger partial charge in [-0.2, -0.15) is 10.4 Å². The van der Waals surface area contributed by atoms with Gasteiger partial charge < -0.3 is 9.84 Å². The molecule has 0 aliphatic heterocycles. The van der Waals surface area contributed by atoms with Gasteiger partial charge in [-0.3, -0.25) is 0 Å². The third kappa shape index (κ3) is 2.50. The van der Waals surface area contributed by atoms with Crippen molar-refractivity contribution >= 4 is 5.97 Å². The third-order valence-electron chi connectivity index (χ3n) is 2.53. The predicted octanol–water partition coefficient (Wildman–Crippen LogP) is 2.15. The van der Waals surface area contributed by atoms with Crippen LogP contribution in [0.15, 0.2) is 30.5 Å². The number of carboxylic acids is 1. The van der Waals surface area contributed by atoms with E-state index in [1.165, 1.54) is 18.3 Å². The van der Waals surface area contributed by atoms with Gasteiger partial charge in [0, 0.05) is 5.56 Å². The van der Waals surface area contributed by atoms with Gasteiger partial charge in [0.15, 0.2) is 0 Å². The second-order valence-electron chi connectivity index (χ2n) is 3.70. The van der Waals surface area contributed by atoms with Crippen LogP contribution in [0.1, 0.15) is 21.5 Å². The zero-order valence-electron chi connectivity index (χ0n) is 9.99. The molecule has 2 rings (SSSR count).